The molecule has 1 atom stereocenters. The van der Waals surface area contributed by atoms with Gasteiger partial charge in [-0.2, -0.15) is 0 Å². The van der Waals surface area contributed by atoms with E-state index in [1.807, 2.05) is 0 Å². The summed E-state index contributed by atoms with van der Waals surface area (Å²) in [6, 6.07) is 0. The minimum absolute atomic E-state index is 0.198. The van der Waals surface area contributed by atoms with Gasteiger partial charge in [0.15, 0.2) is 6.61 Å². The number of carbonyl (C=O) groups excluding carboxylic acids is 3. The van der Waals surface area contributed by atoms with Crippen LogP contribution in [-0.4, -0.2) is 31.1 Å². The Bertz CT molecular complexity index is 900. The molecular weight excluding hydrogens is 426 g/mol. The van der Waals surface area contributed by atoms with Gasteiger partial charge in [-0.05, 0) is 93.9 Å². The van der Waals surface area contributed by atoms with Crippen LogP contribution in [0.4, 0.5) is 5.00 Å². The molecule has 1 N–H and O–H groups in total. The van der Waals surface area contributed by atoms with Gasteiger partial charge < -0.3 is 14.8 Å². The van der Waals surface area contributed by atoms with E-state index in [2.05, 4.69) is 12.2 Å². The van der Waals surface area contributed by atoms with Crippen molar-refractivity contribution in [2.75, 3.05) is 18.5 Å². The van der Waals surface area contributed by atoms with E-state index in [0.29, 0.717) is 34.2 Å². The van der Waals surface area contributed by atoms with Crippen LogP contribution in [0.1, 0.15) is 79.6 Å². The van der Waals surface area contributed by atoms with Crippen LogP contribution < -0.4 is 5.32 Å². The molecule has 1 unspecified atom stereocenters. The maximum atomic E-state index is 13.0. The van der Waals surface area contributed by atoms with Crippen LogP contribution in [-0.2, 0) is 31.9 Å². The molecule has 1 aromatic rings. The van der Waals surface area contributed by atoms with Crippen molar-refractivity contribution < 1.29 is 23.9 Å². The van der Waals surface area contributed by atoms with Gasteiger partial charge in [0.2, 0.25) is 0 Å². The predicted octanol–water partition coefficient (Wildman–Crippen LogP) is 4.75. The Kier molecular flexibility index (Phi) is 5.81. The van der Waals surface area contributed by atoms with Crippen molar-refractivity contribution in [2.45, 2.75) is 71.6 Å². The number of hydrogen-bond donors (Lipinski definition) is 1. The van der Waals surface area contributed by atoms with Gasteiger partial charge in [0, 0.05) is 4.88 Å². The molecule has 0 spiro atoms. The molecule has 6 nitrogen and oxygen atoms in total. The Morgan fingerprint density at radius 3 is 2.34 bits per heavy atom. The minimum atomic E-state index is -0.389. The number of ether oxygens (including phenoxy) is 2. The van der Waals surface area contributed by atoms with E-state index in [-0.39, 0.29) is 36.5 Å². The first-order chi connectivity index (χ1) is 15.4. The van der Waals surface area contributed by atoms with Crippen LogP contribution in [0.3, 0.4) is 0 Å². The quantitative estimate of drug-likeness (QED) is 0.621. The summed E-state index contributed by atoms with van der Waals surface area (Å²) in [6.07, 6.45) is 9.27. The van der Waals surface area contributed by atoms with Crippen LogP contribution in [0.25, 0.3) is 0 Å². The second kappa shape index (κ2) is 8.47. The number of amides is 1. The molecule has 174 valence electrons. The van der Waals surface area contributed by atoms with Crippen molar-refractivity contribution in [2.24, 2.45) is 29.1 Å². The number of hydrogen-bond acceptors (Lipinski definition) is 6. The van der Waals surface area contributed by atoms with Gasteiger partial charge in [0.1, 0.15) is 5.00 Å². The lowest BCUT2D eigenvalue weighted by atomic mass is 9.49. The summed E-state index contributed by atoms with van der Waals surface area (Å²) < 4.78 is 10.8. The summed E-state index contributed by atoms with van der Waals surface area (Å²) in [5.74, 6) is 1.53. The number of thiophene rings is 1. The lowest BCUT2D eigenvalue weighted by molar-refractivity contribution is -0.172. The third-order valence-corrected chi connectivity index (χ3v) is 9.22. The summed E-state index contributed by atoms with van der Waals surface area (Å²) in [6.45, 7) is 3.97. The number of esters is 2. The van der Waals surface area contributed by atoms with E-state index in [1.54, 1.807) is 6.92 Å². The Hall–Kier alpha value is -1.89. The average molecular weight is 460 g/mol. The molecule has 7 heteroatoms. The van der Waals surface area contributed by atoms with Gasteiger partial charge in [0.05, 0.1) is 17.6 Å². The molecule has 1 aromatic heterocycles. The fourth-order valence-electron chi connectivity index (χ4n) is 7.07. The van der Waals surface area contributed by atoms with E-state index in [0.717, 1.165) is 49.0 Å². The van der Waals surface area contributed by atoms with Crippen LogP contribution in [0.2, 0.25) is 0 Å². The fraction of sp³-hybridized carbons (Fsp3) is 0.720. The molecule has 0 radical (unpaired) electrons. The highest BCUT2D eigenvalue weighted by Gasteiger charge is 2.55. The normalized spacial score (nSPS) is 32.3. The van der Waals surface area contributed by atoms with Gasteiger partial charge in [-0.25, -0.2) is 4.79 Å². The van der Waals surface area contributed by atoms with Crippen molar-refractivity contribution in [1.29, 1.82) is 0 Å². The number of carbonyl (C=O) groups is 3. The summed E-state index contributed by atoms with van der Waals surface area (Å²) in [4.78, 5) is 39.5. The van der Waals surface area contributed by atoms with E-state index < -0.39 is 0 Å². The number of fused-ring (bicyclic) bond motifs is 1. The molecule has 1 amide bonds. The smallest absolute Gasteiger partial charge is 0.341 e. The van der Waals surface area contributed by atoms with Gasteiger partial charge in [-0.3, -0.25) is 9.59 Å². The molecule has 4 bridgehead atoms. The third kappa shape index (κ3) is 3.97. The lowest BCUT2D eigenvalue weighted by Crippen LogP contribution is -2.50. The van der Waals surface area contributed by atoms with Crippen LogP contribution in [0.15, 0.2) is 0 Å². The summed E-state index contributed by atoms with van der Waals surface area (Å²) in [5, 5.41) is 3.38. The maximum absolute atomic E-state index is 13.0. The standard InChI is InChI=1S/C25H33NO5S/c1-3-30-23(28)21-18-5-4-14(2)6-19(18)32-22(21)26-20(27)13-31-24(29)25-10-15-7-16(11-25)9-17(8-15)12-25/h14-17H,3-13H2,1-2H3,(H,26,27). The van der Waals surface area contributed by atoms with Crippen molar-refractivity contribution >= 4 is 34.2 Å². The van der Waals surface area contributed by atoms with E-state index in [1.165, 1.54) is 30.6 Å². The van der Waals surface area contributed by atoms with Gasteiger partial charge >= 0.3 is 11.9 Å². The highest BCUT2D eigenvalue weighted by Crippen LogP contribution is 2.60. The third-order valence-electron chi connectivity index (χ3n) is 8.05. The SMILES string of the molecule is CCOC(=O)c1c(NC(=O)COC(=O)C23CC4CC(CC(C4)C2)C3)sc2c1CCC(C)C2. The molecule has 1 heterocycles. The van der Waals surface area contributed by atoms with Crippen molar-refractivity contribution in [1.82, 2.24) is 0 Å². The molecule has 6 rings (SSSR count). The first-order valence-electron chi connectivity index (χ1n) is 12.2. The summed E-state index contributed by atoms with van der Waals surface area (Å²) >= 11 is 1.46. The second-order valence-electron chi connectivity index (χ2n) is 10.6. The molecular formula is C25H33NO5S. The van der Waals surface area contributed by atoms with Crippen LogP contribution >= 0.6 is 11.3 Å². The largest absolute Gasteiger partial charge is 0.462 e. The number of anilines is 1. The Labute approximate surface area is 193 Å². The van der Waals surface area contributed by atoms with Crippen molar-refractivity contribution in [3.63, 3.8) is 0 Å². The fourth-order valence-corrected chi connectivity index (χ4v) is 8.48. The highest BCUT2D eigenvalue weighted by atomic mass is 32.1. The Balaban J connectivity index is 1.25. The van der Waals surface area contributed by atoms with Gasteiger partial charge in [-0.1, -0.05) is 6.92 Å². The summed E-state index contributed by atoms with van der Waals surface area (Å²) in [5.41, 5.74) is 1.12. The minimum Gasteiger partial charge on any atom is -0.462 e. The monoisotopic (exact) mass is 459 g/mol. The first-order valence-corrected chi connectivity index (χ1v) is 13.0. The molecule has 4 saturated carbocycles. The number of nitrogens with one attached hydrogen (secondary N) is 1. The van der Waals surface area contributed by atoms with Crippen LogP contribution in [0.5, 0.6) is 0 Å². The van der Waals surface area contributed by atoms with Crippen molar-refractivity contribution in [3.05, 3.63) is 16.0 Å². The molecule has 5 aliphatic carbocycles. The lowest BCUT2D eigenvalue weighted by Gasteiger charge is -2.55. The van der Waals surface area contributed by atoms with Gasteiger partial charge in [-0.15, -0.1) is 11.3 Å². The molecule has 32 heavy (non-hydrogen) atoms. The zero-order valence-electron chi connectivity index (χ0n) is 19.0. The highest BCUT2D eigenvalue weighted by molar-refractivity contribution is 7.17. The second-order valence-corrected chi connectivity index (χ2v) is 11.7. The molecule has 0 saturated heterocycles. The zero-order valence-corrected chi connectivity index (χ0v) is 19.9. The zero-order chi connectivity index (χ0) is 22.5. The predicted molar refractivity (Wildman–Crippen MR) is 122 cm³/mol. The van der Waals surface area contributed by atoms with E-state index >= 15 is 0 Å². The first kappa shape index (κ1) is 21.9. The molecule has 4 fully saturated rings. The van der Waals surface area contributed by atoms with E-state index in [9.17, 15) is 14.4 Å². The molecule has 5 aliphatic rings. The average Bonchev–Trinajstić information content (AvgIpc) is 3.07. The van der Waals surface area contributed by atoms with Crippen LogP contribution in [0, 0.1) is 29.1 Å². The molecule has 0 aliphatic heterocycles. The maximum Gasteiger partial charge on any atom is 0.341 e. The Morgan fingerprint density at radius 1 is 1.06 bits per heavy atom. The van der Waals surface area contributed by atoms with Gasteiger partial charge in [0.25, 0.3) is 5.91 Å². The topological polar surface area (TPSA) is 81.7 Å². The van der Waals surface area contributed by atoms with Crippen molar-refractivity contribution in [3.8, 4) is 0 Å². The molecule has 0 aromatic carbocycles. The van der Waals surface area contributed by atoms with E-state index in [4.69, 9.17) is 9.47 Å². The number of rotatable bonds is 6. The Morgan fingerprint density at radius 2 is 1.72 bits per heavy atom. The summed E-state index contributed by atoms with van der Waals surface area (Å²) in [7, 11) is 0.